The van der Waals surface area contributed by atoms with Crippen molar-refractivity contribution in [3.8, 4) is 0 Å². The molecule has 2 aromatic carbocycles. The van der Waals surface area contributed by atoms with Gasteiger partial charge in [0, 0.05) is 60.6 Å². The van der Waals surface area contributed by atoms with Gasteiger partial charge < -0.3 is 19.9 Å². The molecule has 42 heavy (non-hydrogen) atoms. The number of pyridine rings is 1. The molecule has 1 amide bonds. The van der Waals surface area contributed by atoms with Crippen molar-refractivity contribution in [3.05, 3.63) is 59.8 Å². The monoisotopic (exact) mass is 602 g/mol. The lowest BCUT2D eigenvalue weighted by Gasteiger charge is -2.36. The summed E-state index contributed by atoms with van der Waals surface area (Å²) in [5.41, 5.74) is 2.11. The van der Waals surface area contributed by atoms with Crippen molar-refractivity contribution in [2.45, 2.75) is 70.1 Å². The highest BCUT2D eigenvalue weighted by atomic mass is 32.2. The molecule has 10 heteroatoms. The number of carbonyl (C=O) groups excluding carboxylic acids is 1. The Morgan fingerprint density at radius 2 is 1.67 bits per heavy atom. The van der Waals surface area contributed by atoms with Crippen LogP contribution < -0.4 is 10.2 Å². The molecule has 1 fully saturated rings. The topological polar surface area (TPSA) is 57.7 Å². The van der Waals surface area contributed by atoms with E-state index in [9.17, 15) is 18.0 Å². The Morgan fingerprint density at radius 1 is 0.976 bits per heavy atom. The Hall–Kier alpha value is -3.14. The van der Waals surface area contributed by atoms with Gasteiger partial charge in [0.1, 0.15) is 5.60 Å². The van der Waals surface area contributed by atoms with Crippen LogP contribution in [0.4, 0.5) is 29.3 Å². The van der Waals surface area contributed by atoms with Crippen LogP contribution in [0, 0.1) is 6.92 Å². The lowest BCUT2D eigenvalue weighted by atomic mass is 10.1. The number of anilines is 2. The van der Waals surface area contributed by atoms with Crippen LogP contribution in [-0.2, 0) is 10.9 Å². The molecular formula is C32H41F3N4O2S. The van der Waals surface area contributed by atoms with E-state index in [1.54, 1.807) is 29.8 Å². The lowest BCUT2D eigenvalue weighted by Crippen LogP contribution is -2.50. The number of aromatic nitrogens is 1. The van der Waals surface area contributed by atoms with E-state index in [-0.39, 0.29) is 6.09 Å². The lowest BCUT2D eigenvalue weighted by molar-refractivity contribution is -0.137. The van der Waals surface area contributed by atoms with E-state index in [1.165, 1.54) is 6.07 Å². The summed E-state index contributed by atoms with van der Waals surface area (Å²) in [6.07, 6.45) is 1.30. The van der Waals surface area contributed by atoms with Gasteiger partial charge in [0.25, 0.3) is 0 Å². The maximum absolute atomic E-state index is 13.2. The van der Waals surface area contributed by atoms with Crippen LogP contribution in [-0.4, -0.2) is 60.1 Å². The molecule has 2 heterocycles. The van der Waals surface area contributed by atoms with Crippen molar-refractivity contribution >= 4 is 40.1 Å². The number of fused-ring (bicyclic) bond motifs is 1. The first-order valence-corrected chi connectivity index (χ1v) is 15.6. The third kappa shape index (κ3) is 8.93. The maximum Gasteiger partial charge on any atom is 0.416 e. The van der Waals surface area contributed by atoms with Crippen molar-refractivity contribution in [1.29, 1.82) is 0 Å². The fourth-order valence-electron chi connectivity index (χ4n) is 5.00. The number of amides is 1. The first-order valence-electron chi connectivity index (χ1n) is 14.6. The molecule has 0 saturated carbocycles. The zero-order valence-electron chi connectivity index (χ0n) is 24.9. The number of halogens is 3. The highest BCUT2D eigenvalue weighted by Crippen LogP contribution is 2.36. The second-order valence-electron chi connectivity index (χ2n) is 11.7. The van der Waals surface area contributed by atoms with Crippen LogP contribution in [0.3, 0.4) is 0 Å². The fraction of sp³-hybridized carbons (Fsp3) is 0.500. The van der Waals surface area contributed by atoms with E-state index >= 15 is 0 Å². The third-order valence-electron chi connectivity index (χ3n) is 7.15. The zero-order valence-corrected chi connectivity index (χ0v) is 25.7. The summed E-state index contributed by atoms with van der Waals surface area (Å²) in [5.74, 6) is 0.917. The summed E-state index contributed by atoms with van der Waals surface area (Å²) in [6.45, 7) is 11.1. The smallest absolute Gasteiger partial charge is 0.416 e. The van der Waals surface area contributed by atoms with Gasteiger partial charge in [-0.2, -0.15) is 13.2 Å². The SMILES string of the molecule is Cc1cc(C(F)(F)F)cc2nccc(SCCCCCCNc3ccc(N4CCN(C(=O)OC(C)(C)C)CC4)cc3)c12. The zero-order chi connectivity index (χ0) is 30.3. The summed E-state index contributed by atoms with van der Waals surface area (Å²) in [4.78, 5) is 21.5. The number of ether oxygens (including phenoxy) is 1. The highest BCUT2D eigenvalue weighted by molar-refractivity contribution is 7.99. The van der Waals surface area contributed by atoms with Gasteiger partial charge in [0.05, 0.1) is 11.1 Å². The Kier molecular flexibility index (Phi) is 10.5. The minimum absolute atomic E-state index is 0.246. The predicted octanol–water partition coefficient (Wildman–Crippen LogP) is 8.38. The number of hydrogen-bond acceptors (Lipinski definition) is 6. The first-order chi connectivity index (χ1) is 19.9. The number of rotatable bonds is 10. The number of piperazine rings is 1. The van der Waals surface area contributed by atoms with Gasteiger partial charge in [0.2, 0.25) is 0 Å². The van der Waals surface area contributed by atoms with Gasteiger partial charge in [-0.05, 0) is 94.3 Å². The summed E-state index contributed by atoms with van der Waals surface area (Å²) < 4.78 is 45.0. The Bertz CT molecular complexity index is 1330. The van der Waals surface area contributed by atoms with Crippen LogP contribution in [0.5, 0.6) is 0 Å². The number of nitrogens with zero attached hydrogens (tertiary/aromatic N) is 3. The van der Waals surface area contributed by atoms with E-state index in [2.05, 4.69) is 39.5 Å². The number of nitrogens with one attached hydrogen (secondary N) is 1. The van der Waals surface area contributed by atoms with Crippen molar-refractivity contribution in [3.63, 3.8) is 0 Å². The van der Waals surface area contributed by atoms with Crippen LogP contribution in [0.2, 0.25) is 0 Å². The molecule has 6 nitrogen and oxygen atoms in total. The summed E-state index contributed by atoms with van der Waals surface area (Å²) in [5, 5.41) is 4.31. The number of aryl methyl sites for hydroxylation is 1. The number of carbonyl (C=O) groups is 1. The van der Waals surface area contributed by atoms with Gasteiger partial charge in [-0.15, -0.1) is 11.8 Å². The van der Waals surface area contributed by atoms with Gasteiger partial charge in [0.15, 0.2) is 0 Å². The minimum Gasteiger partial charge on any atom is -0.444 e. The highest BCUT2D eigenvalue weighted by Gasteiger charge is 2.31. The summed E-state index contributed by atoms with van der Waals surface area (Å²) in [6, 6.07) is 12.7. The number of hydrogen-bond donors (Lipinski definition) is 1. The van der Waals surface area contributed by atoms with E-state index in [0.29, 0.717) is 24.2 Å². The molecule has 1 aliphatic rings. The minimum atomic E-state index is -4.37. The molecule has 0 radical (unpaired) electrons. The van der Waals surface area contributed by atoms with Crippen molar-refractivity contribution in [2.24, 2.45) is 0 Å². The second kappa shape index (κ2) is 13.9. The largest absolute Gasteiger partial charge is 0.444 e. The molecule has 3 aromatic rings. The van der Waals surface area contributed by atoms with Crippen molar-refractivity contribution < 1.29 is 22.7 Å². The van der Waals surface area contributed by atoms with E-state index < -0.39 is 17.3 Å². The van der Waals surface area contributed by atoms with Gasteiger partial charge in [-0.3, -0.25) is 4.98 Å². The van der Waals surface area contributed by atoms with Gasteiger partial charge >= 0.3 is 12.3 Å². The Labute approximate surface area is 251 Å². The van der Waals surface area contributed by atoms with E-state index in [4.69, 9.17) is 4.74 Å². The van der Waals surface area contributed by atoms with Crippen LogP contribution in [0.25, 0.3) is 10.9 Å². The van der Waals surface area contributed by atoms with Crippen molar-refractivity contribution in [2.75, 3.05) is 48.7 Å². The molecule has 0 aliphatic carbocycles. The van der Waals surface area contributed by atoms with E-state index in [1.807, 2.05) is 26.8 Å². The molecule has 228 valence electrons. The average molecular weight is 603 g/mol. The molecule has 1 saturated heterocycles. The molecule has 0 unspecified atom stereocenters. The predicted molar refractivity (Wildman–Crippen MR) is 166 cm³/mol. The molecule has 0 bridgehead atoms. The van der Waals surface area contributed by atoms with Crippen molar-refractivity contribution in [1.82, 2.24) is 9.88 Å². The number of benzene rings is 2. The molecule has 1 N–H and O–H groups in total. The molecule has 0 atom stereocenters. The van der Waals surface area contributed by atoms with Crippen LogP contribution >= 0.6 is 11.8 Å². The molecular weight excluding hydrogens is 561 g/mol. The molecule has 1 aliphatic heterocycles. The molecule has 0 spiro atoms. The number of unbranched alkanes of at least 4 members (excludes halogenated alkanes) is 3. The summed E-state index contributed by atoms with van der Waals surface area (Å²) in [7, 11) is 0. The normalized spacial score (nSPS) is 14.4. The maximum atomic E-state index is 13.2. The summed E-state index contributed by atoms with van der Waals surface area (Å²) >= 11 is 1.69. The van der Waals surface area contributed by atoms with Crippen LogP contribution in [0.15, 0.2) is 53.6 Å². The Balaban J connectivity index is 1.12. The van der Waals surface area contributed by atoms with E-state index in [0.717, 1.165) is 78.8 Å². The first kappa shape index (κ1) is 31.8. The number of thioether (sulfide) groups is 1. The molecule has 1 aromatic heterocycles. The second-order valence-corrected chi connectivity index (χ2v) is 12.8. The quantitative estimate of drug-likeness (QED) is 0.186. The van der Waals surface area contributed by atoms with Gasteiger partial charge in [-0.25, -0.2) is 4.79 Å². The molecule has 4 rings (SSSR count). The van der Waals surface area contributed by atoms with Gasteiger partial charge in [-0.1, -0.05) is 12.8 Å². The van der Waals surface area contributed by atoms with Crippen LogP contribution in [0.1, 0.15) is 57.6 Å². The third-order valence-corrected chi connectivity index (χ3v) is 8.29. The Morgan fingerprint density at radius 3 is 2.33 bits per heavy atom. The number of alkyl halides is 3. The average Bonchev–Trinajstić information content (AvgIpc) is 2.93. The fourth-order valence-corrected chi connectivity index (χ4v) is 6.14. The standard InChI is InChI=1S/C32H41F3N4O2S/c1-23-21-24(32(33,34)35)22-27-29(23)28(13-15-37-27)42-20-8-6-5-7-14-36-25-9-11-26(12-10-25)38-16-18-39(19-17-38)30(40)41-31(2,3)4/h9-13,15,21-22,36H,5-8,14,16-20H2,1-4H3.